The smallest absolute Gasteiger partial charge is 0.0217 e. The highest BCUT2D eigenvalue weighted by atomic mass is 14.5. The normalized spacial score (nSPS) is 15.0. The Labute approximate surface area is 595 Å². The standard InChI is InChI=1S/4C18H18.12C2H6/c1-13-7-6-9-15-14-8-2-3-10-16(14)18(17(13)15)11-4-5-12-18;1-13-7-6-10-16-17(13)14-8-2-3-9-15(14)18(16)11-4-5-12-18;1-13-8-9-17-15(12-13)14-6-2-3-7-16(14)18(17)10-4-5-11-18;1-13-8-9-15-14-6-2-3-7-16(14)18(17(15)12-13)10-4-5-11-18;12*1-2/h2*2-3,6-10H,4-5,11-12H2,1H3;2*2-3,6-9,12H,4-5,10-11H2,1H3;12*1-2H3. The molecule has 0 unspecified atom stereocenters. The molecule has 96 heavy (non-hydrogen) atoms. The molecule has 0 amide bonds. The van der Waals surface area contributed by atoms with Crippen LogP contribution in [0.25, 0.3) is 44.5 Å². The molecule has 0 bridgehead atoms. The van der Waals surface area contributed by atoms with Gasteiger partial charge in [-0.25, -0.2) is 0 Å². The van der Waals surface area contributed by atoms with E-state index in [1.54, 1.807) is 44.5 Å². The van der Waals surface area contributed by atoms with Gasteiger partial charge in [0.15, 0.2) is 0 Å². The first kappa shape index (κ1) is 87.8. The van der Waals surface area contributed by atoms with E-state index in [2.05, 4.69) is 198 Å². The summed E-state index contributed by atoms with van der Waals surface area (Å²) in [5, 5.41) is 0. The number of rotatable bonds is 0. The Bertz CT molecular complexity index is 3340. The largest absolute Gasteiger partial charge is 0.0683 e. The lowest BCUT2D eigenvalue weighted by Crippen LogP contribution is -2.21. The average molecular weight is 1300 g/mol. The molecule has 0 atom stereocenters. The second-order valence-electron chi connectivity index (χ2n) is 23.4. The maximum atomic E-state index is 2.43. The molecule has 8 aliphatic carbocycles. The van der Waals surface area contributed by atoms with Gasteiger partial charge in [0.2, 0.25) is 0 Å². The SMILES string of the molecule is CC.CC.CC.CC.CC.CC.CC.CC.CC.CC.CC.CC.Cc1ccc2c(c1)-c1ccccc1C21CCCC1.Cc1ccc2c(c1)C1(CCCC1)c1ccccc1-2.Cc1cccc2c1-c1ccccc1C21CCCC1.Cc1cccc2c1C1(CCCC1)c1ccccc1-2. The number of benzene rings is 8. The summed E-state index contributed by atoms with van der Waals surface area (Å²) in [6.07, 6.45) is 21.7. The van der Waals surface area contributed by atoms with Gasteiger partial charge < -0.3 is 0 Å². The summed E-state index contributed by atoms with van der Waals surface area (Å²) in [5.41, 5.74) is 31.8. The van der Waals surface area contributed by atoms with E-state index in [0.717, 1.165) is 0 Å². The van der Waals surface area contributed by atoms with Crippen LogP contribution >= 0.6 is 0 Å². The second kappa shape index (κ2) is 46.1. The van der Waals surface area contributed by atoms with Crippen LogP contribution in [0.15, 0.2) is 170 Å². The van der Waals surface area contributed by atoms with Crippen LogP contribution in [0.5, 0.6) is 0 Å². The minimum absolute atomic E-state index is 0.345. The van der Waals surface area contributed by atoms with Crippen LogP contribution in [0, 0.1) is 27.7 Å². The van der Waals surface area contributed by atoms with E-state index in [1.807, 2.05) is 166 Å². The Kier molecular flexibility index (Phi) is 42.2. The zero-order valence-electron chi connectivity index (χ0n) is 67.5. The van der Waals surface area contributed by atoms with Crippen molar-refractivity contribution in [2.45, 2.75) is 318 Å². The van der Waals surface area contributed by atoms with Gasteiger partial charge in [-0.15, -0.1) is 0 Å². The van der Waals surface area contributed by atoms with Crippen LogP contribution in [0.1, 0.15) is 336 Å². The van der Waals surface area contributed by atoms with Gasteiger partial charge in [-0.3, -0.25) is 0 Å². The molecule has 0 saturated heterocycles. The minimum Gasteiger partial charge on any atom is -0.0683 e. The van der Waals surface area contributed by atoms with Crippen LogP contribution in [-0.4, -0.2) is 0 Å². The second-order valence-corrected chi connectivity index (χ2v) is 23.4. The molecule has 0 N–H and O–H groups in total. The van der Waals surface area contributed by atoms with Crippen LogP contribution in [0.2, 0.25) is 0 Å². The van der Waals surface area contributed by atoms with Gasteiger partial charge in [-0.1, -0.05) is 399 Å². The van der Waals surface area contributed by atoms with Gasteiger partial charge in [0.1, 0.15) is 0 Å². The van der Waals surface area contributed by atoms with Crippen molar-refractivity contribution in [1.29, 1.82) is 0 Å². The Morgan fingerprint density at radius 1 is 0.198 bits per heavy atom. The third kappa shape index (κ3) is 18.0. The van der Waals surface area contributed by atoms with Gasteiger partial charge in [0.25, 0.3) is 0 Å². The molecule has 0 radical (unpaired) electrons. The molecule has 4 fully saturated rings. The highest BCUT2D eigenvalue weighted by Crippen LogP contribution is 2.61. The van der Waals surface area contributed by atoms with Crippen molar-refractivity contribution >= 4 is 0 Å². The summed E-state index contributed by atoms with van der Waals surface area (Å²) in [5.74, 6) is 0. The first-order valence-corrected chi connectivity index (χ1v) is 40.1. The first-order valence-electron chi connectivity index (χ1n) is 40.1. The molecule has 4 spiro atoms. The Balaban J connectivity index is 0.000000578. The predicted octanol–water partition coefficient (Wildman–Crippen LogP) is 31.7. The number of hydrogen-bond acceptors (Lipinski definition) is 0. The molecular formula is C96H144. The van der Waals surface area contributed by atoms with E-state index in [9.17, 15) is 0 Å². The van der Waals surface area contributed by atoms with Crippen LogP contribution in [0.4, 0.5) is 0 Å². The van der Waals surface area contributed by atoms with Crippen molar-refractivity contribution in [2.24, 2.45) is 0 Å². The van der Waals surface area contributed by atoms with Crippen molar-refractivity contribution in [3.8, 4) is 44.5 Å². The summed E-state index contributed by atoms with van der Waals surface area (Å²) in [7, 11) is 0. The summed E-state index contributed by atoms with van der Waals surface area (Å²) >= 11 is 0. The molecule has 0 aliphatic heterocycles. The Morgan fingerprint density at radius 2 is 0.469 bits per heavy atom. The molecule has 8 aromatic carbocycles. The van der Waals surface area contributed by atoms with Gasteiger partial charge in [-0.2, -0.15) is 0 Å². The molecule has 4 saturated carbocycles. The third-order valence-electron chi connectivity index (χ3n) is 19.7. The number of hydrogen-bond donors (Lipinski definition) is 0. The van der Waals surface area contributed by atoms with Crippen molar-refractivity contribution in [1.82, 2.24) is 0 Å². The topological polar surface area (TPSA) is 0 Å². The number of aryl methyl sites for hydroxylation is 4. The van der Waals surface area contributed by atoms with E-state index in [-0.39, 0.29) is 0 Å². The van der Waals surface area contributed by atoms with E-state index in [1.165, 1.54) is 169 Å². The molecule has 8 aliphatic rings. The van der Waals surface area contributed by atoms with Crippen molar-refractivity contribution in [3.05, 3.63) is 237 Å². The molecule has 8 aromatic rings. The van der Waals surface area contributed by atoms with E-state index in [0.29, 0.717) is 21.7 Å². The maximum Gasteiger partial charge on any atom is 0.0217 e. The van der Waals surface area contributed by atoms with Crippen LogP contribution in [-0.2, 0) is 21.7 Å². The summed E-state index contributed by atoms with van der Waals surface area (Å²) < 4.78 is 0. The predicted molar refractivity (Wildman–Crippen MR) is 440 cm³/mol. The van der Waals surface area contributed by atoms with Gasteiger partial charge in [0.05, 0.1) is 0 Å². The molecule has 16 rings (SSSR count). The lowest BCUT2D eigenvalue weighted by Gasteiger charge is -2.28. The molecular weight excluding hydrogens is 1150 g/mol. The highest BCUT2D eigenvalue weighted by Gasteiger charge is 2.48. The van der Waals surface area contributed by atoms with E-state index in [4.69, 9.17) is 0 Å². The minimum atomic E-state index is 0.345. The molecule has 0 nitrogen and oxygen atoms in total. The molecule has 0 heterocycles. The van der Waals surface area contributed by atoms with Gasteiger partial charge in [-0.05, 0) is 179 Å². The van der Waals surface area contributed by atoms with Crippen LogP contribution < -0.4 is 0 Å². The quantitative estimate of drug-likeness (QED) is 0.142. The maximum absolute atomic E-state index is 2.43. The summed E-state index contributed by atoms with van der Waals surface area (Å²) in [6.45, 7) is 56.9. The monoisotopic (exact) mass is 1300 g/mol. The van der Waals surface area contributed by atoms with E-state index < -0.39 is 0 Å². The van der Waals surface area contributed by atoms with Gasteiger partial charge >= 0.3 is 0 Å². The van der Waals surface area contributed by atoms with Crippen molar-refractivity contribution < 1.29 is 0 Å². The van der Waals surface area contributed by atoms with Crippen molar-refractivity contribution in [3.63, 3.8) is 0 Å². The zero-order chi connectivity index (χ0) is 72.7. The highest BCUT2D eigenvalue weighted by molar-refractivity contribution is 5.85. The van der Waals surface area contributed by atoms with Crippen LogP contribution in [0.3, 0.4) is 0 Å². The first-order chi connectivity index (χ1) is 47.3. The summed E-state index contributed by atoms with van der Waals surface area (Å²) in [4.78, 5) is 0. The fourth-order valence-electron chi connectivity index (χ4n) is 16.7. The molecule has 528 valence electrons. The van der Waals surface area contributed by atoms with E-state index >= 15 is 0 Å². The Hall–Kier alpha value is -6.24. The number of fused-ring (bicyclic) bond motifs is 20. The fraction of sp³-hybridized carbons (Fsp3) is 0.500. The zero-order valence-corrected chi connectivity index (χ0v) is 67.5. The van der Waals surface area contributed by atoms with Crippen molar-refractivity contribution in [2.75, 3.05) is 0 Å². The average Bonchev–Trinajstić information content (AvgIpc) is 1.60. The third-order valence-corrected chi connectivity index (χ3v) is 19.7. The molecule has 0 heteroatoms. The molecule has 0 aromatic heterocycles. The summed E-state index contributed by atoms with van der Waals surface area (Å²) in [6, 6.07) is 63.9. The lowest BCUT2D eigenvalue weighted by atomic mass is 9.75. The lowest BCUT2D eigenvalue weighted by molar-refractivity contribution is 0.547. The van der Waals surface area contributed by atoms with Gasteiger partial charge in [0, 0.05) is 21.7 Å². The fourth-order valence-corrected chi connectivity index (χ4v) is 16.7. The Morgan fingerprint density at radius 3 is 0.917 bits per heavy atom.